The number of carbonyl (C=O) groups excluding carboxylic acids is 1. The molecule has 0 aliphatic carbocycles. The summed E-state index contributed by atoms with van der Waals surface area (Å²) >= 11 is 0. The molecule has 110 valence electrons. The summed E-state index contributed by atoms with van der Waals surface area (Å²) in [5.74, 6) is -0.495. The van der Waals surface area contributed by atoms with Gasteiger partial charge < -0.3 is 9.84 Å². The van der Waals surface area contributed by atoms with Crippen molar-refractivity contribution < 1.29 is 19.0 Å². The van der Waals surface area contributed by atoms with E-state index in [0.717, 1.165) is 5.56 Å². The molecule has 0 aromatic heterocycles. The lowest BCUT2D eigenvalue weighted by molar-refractivity contribution is -0.140. The van der Waals surface area contributed by atoms with Gasteiger partial charge in [-0.2, -0.15) is 0 Å². The average Bonchev–Trinajstić information content (AvgIpc) is 2.79. The summed E-state index contributed by atoms with van der Waals surface area (Å²) in [6.45, 7) is 1.25. The number of hydrogen-bond acceptors (Lipinski definition) is 4. The fraction of sp³-hybridized carbons (Fsp3) is 0.533. The minimum Gasteiger partial charge on any atom is -0.469 e. The highest BCUT2D eigenvalue weighted by atomic mass is 19.1. The van der Waals surface area contributed by atoms with Gasteiger partial charge in [-0.1, -0.05) is 12.1 Å². The summed E-state index contributed by atoms with van der Waals surface area (Å²) < 4.78 is 17.9. The summed E-state index contributed by atoms with van der Waals surface area (Å²) in [5, 5.41) is 9.83. The number of esters is 1. The number of β-amino-alcohol motifs (C(OH)–C–C–N with tert-alkyl or cyclic N) is 1. The van der Waals surface area contributed by atoms with Crippen molar-refractivity contribution in [2.45, 2.75) is 31.4 Å². The topological polar surface area (TPSA) is 49.8 Å². The Labute approximate surface area is 118 Å². The number of hydrogen-bond donors (Lipinski definition) is 1. The predicted molar refractivity (Wildman–Crippen MR) is 72.6 cm³/mol. The predicted octanol–water partition coefficient (Wildman–Crippen LogP) is 1.89. The van der Waals surface area contributed by atoms with Crippen LogP contribution in [-0.4, -0.2) is 42.3 Å². The number of aliphatic hydroxyl groups excluding tert-OH is 1. The number of benzene rings is 1. The number of nitrogens with zero attached hydrogens (tertiary/aromatic N) is 1. The Kier molecular flexibility index (Phi) is 5.09. The van der Waals surface area contributed by atoms with Crippen molar-refractivity contribution in [2.75, 3.05) is 20.2 Å². The first kappa shape index (κ1) is 14.9. The fourth-order valence-corrected chi connectivity index (χ4v) is 2.72. The maximum Gasteiger partial charge on any atom is 0.305 e. The van der Waals surface area contributed by atoms with Gasteiger partial charge in [0.15, 0.2) is 0 Å². The van der Waals surface area contributed by atoms with Gasteiger partial charge in [0.2, 0.25) is 0 Å². The van der Waals surface area contributed by atoms with E-state index in [1.54, 1.807) is 6.07 Å². The van der Waals surface area contributed by atoms with Crippen molar-refractivity contribution in [1.29, 1.82) is 0 Å². The third-order valence-corrected chi connectivity index (χ3v) is 3.67. The SMILES string of the molecule is COC(=O)CCCN1C[C@@H](O)C[C@H]1c1cccc(F)c1. The zero-order valence-electron chi connectivity index (χ0n) is 11.6. The van der Waals surface area contributed by atoms with E-state index in [9.17, 15) is 14.3 Å². The maximum atomic E-state index is 13.3. The molecule has 0 saturated carbocycles. The number of likely N-dealkylation sites (tertiary alicyclic amines) is 1. The summed E-state index contributed by atoms with van der Waals surface area (Å²) in [5.41, 5.74) is 0.875. The van der Waals surface area contributed by atoms with E-state index >= 15 is 0 Å². The van der Waals surface area contributed by atoms with Crippen LogP contribution >= 0.6 is 0 Å². The highest BCUT2D eigenvalue weighted by molar-refractivity contribution is 5.69. The van der Waals surface area contributed by atoms with E-state index < -0.39 is 6.10 Å². The molecule has 4 nitrogen and oxygen atoms in total. The van der Waals surface area contributed by atoms with Crippen LogP contribution in [0, 0.1) is 5.82 Å². The van der Waals surface area contributed by atoms with E-state index in [0.29, 0.717) is 32.4 Å². The quantitative estimate of drug-likeness (QED) is 0.837. The van der Waals surface area contributed by atoms with Gasteiger partial charge in [0.25, 0.3) is 0 Å². The lowest BCUT2D eigenvalue weighted by Gasteiger charge is -2.24. The molecule has 5 heteroatoms. The molecule has 1 aliphatic heterocycles. The van der Waals surface area contributed by atoms with Gasteiger partial charge in [-0.25, -0.2) is 4.39 Å². The Morgan fingerprint density at radius 3 is 3.05 bits per heavy atom. The Balaban J connectivity index is 1.98. The Morgan fingerprint density at radius 2 is 2.35 bits per heavy atom. The molecule has 2 rings (SSSR count). The van der Waals surface area contributed by atoms with Gasteiger partial charge in [-0.3, -0.25) is 9.69 Å². The van der Waals surface area contributed by atoms with Crippen molar-refractivity contribution in [3.05, 3.63) is 35.6 Å². The van der Waals surface area contributed by atoms with Crippen LogP contribution < -0.4 is 0 Å². The first-order valence-electron chi connectivity index (χ1n) is 6.84. The monoisotopic (exact) mass is 281 g/mol. The largest absolute Gasteiger partial charge is 0.469 e. The molecule has 1 heterocycles. The first-order chi connectivity index (χ1) is 9.60. The van der Waals surface area contributed by atoms with Gasteiger partial charge in [0.1, 0.15) is 5.82 Å². The Morgan fingerprint density at radius 1 is 1.55 bits per heavy atom. The molecule has 1 N–H and O–H groups in total. The van der Waals surface area contributed by atoms with E-state index in [1.807, 2.05) is 6.07 Å². The van der Waals surface area contributed by atoms with Crippen molar-refractivity contribution in [3.8, 4) is 0 Å². The molecule has 1 aliphatic rings. The third-order valence-electron chi connectivity index (χ3n) is 3.67. The standard InChI is InChI=1S/C15H20FNO3/c1-20-15(19)6-3-7-17-10-13(18)9-14(17)11-4-2-5-12(16)8-11/h2,4-5,8,13-14,18H,3,6-7,9-10H2,1H3/t13-,14-/m0/s1. The van der Waals surface area contributed by atoms with E-state index in [1.165, 1.54) is 19.2 Å². The highest BCUT2D eigenvalue weighted by Gasteiger charge is 2.31. The van der Waals surface area contributed by atoms with Crippen LogP contribution in [0.15, 0.2) is 24.3 Å². The molecular formula is C15H20FNO3. The van der Waals surface area contributed by atoms with Crippen LogP contribution in [0.1, 0.15) is 30.9 Å². The van der Waals surface area contributed by atoms with Crippen molar-refractivity contribution >= 4 is 5.97 Å². The molecule has 0 radical (unpaired) electrons. The summed E-state index contributed by atoms with van der Waals surface area (Å²) in [7, 11) is 1.37. The lowest BCUT2D eigenvalue weighted by Crippen LogP contribution is -2.26. The maximum absolute atomic E-state index is 13.3. The number of halogens is 1. The zero-order chi connectivity index (χ0) is 14.5. The number of rotatable bonds is 5. The van der Waals surface area contributed by atoms with Gasteiger partial charge >= 0.3 is 5.97 Å². The number of ether oxygens (including phenoxy) is 1. The zero-order valence-corrected chi connectivity index (χ0v) is 11.6. The van der Waals surface area contributed by atoms with Crippen LogP contribution in [0.25, 0.3) is 0 Å². The van der Waals surface area contributed by atoms with Gasteiger partial charge in [-0.15, -0.1) is 0 Å². The lowest BCUT2D eigenvalue weighted by atomic mass is 10.0. The molecule has 0 amide bonds. The van der Waals surface area contributed by atoms with E-state index in [-0.39, 0.29) is 17.8 Å². The normalized spacial score (nSPS) is 22.9. The van der Waals surface area contributed by atoms with Crippen molar-refractivity contribution in [2.24, 2.45) is 0 Å². The van der Waals surface area contributed by atoms with Crippen LogP contribution in [0.5, 0.6) is 0 Å². The molecule has 0 bridgehead atoms. The smallest absolute Gasteiger partial charge is 0.305 e. The van der Waals surface area contributed by atoms with Crippen LogP contribution in [0.3, 0.4) is 0 Å². The average molecular weight is 281 g/mol. The number of aliphatic hydroxyl groups is 1. The van der Waals surface area contributed by atoms with Crippen molar-refractivity contribution in [1.82, 2.24) is 4.90 Å². The second kappa shape index (κ2) is 6.81. The number of methoxy groups -OCH3 is 1. The first-order valence-corrected chi connectivity index (χ1v) is 6.84. The molecule has 1 saturated heterocycles. The fourth-order valence-electron chi connectivity index (χ4n) is 2.72. The summed E-state index contributed by atoms with van der Waals surface area (Å²) in [6.07, 6.45) is 1.23. The Hall–Kier alpha value is -1.46. The molecule has 0 spiro atoms. The van der Waals surface area contributed by atoms with Crippen molar-refractivity contribution in [3.63, 3.8) is 0 Å². The molecule has 2 atom stereocenters. The molecule has 1 fully saturated rings. The third kappa shape index (κ3) is 3.77. The second-order valence-corrected chi connectivity index (χ2v) is 5.13. The molecule has 1 aromatic rings. The molecular weight excluding hydrogens is 261 g/mol. The summed E-state index contributed by atoms with van der Waals surface area (Å²) in [6, 6.07) is 6.49. The molecule has 1 aromatic carbocycles. The van der Waals surface area contributed by atoms with E-state index in [2.05, 4.69) is 9.64 Å². The molecule has 20 heavy (non-hydrogen) atoms. The highest BCUT2D eigenvalue weighted by Crippen LogP contribution is 2.32. The van der Waals surface area contributed by atoms with Gasteiger partial charge in [0, 0.05) is 19.0 Å². The van der Waals surface area contributed by atoms with E-state index in [4.69, 9.17) is 0 Å². The van der Waals surface area contributed by atoms with Crippen LogP contribution in [0.4, 0.5) is 4.39 Å². The van der Waals surface area contributed by atoms with Gasteiger partial charge in [0.05, 0.1) is 13.2 Å². The minimum atomic E-state index is -0.401. The van der Waals surface area contributed by atoms with Gasteiger partial charge in [-0.05, 0) is 37.1 Å². The minimum absolute atomic E-state index is 0.0124. The Bertz CT molecular complexity index is 466. The second-order valence-electron chi connectivity index (χ2n) is 5.13. The van der Waals surface area contributed by atoms with Crippen LogP contribution in [-0.2, 0) is 9.53 Å². The number of carbonyl (C=O) groups is 1. The molecule has 0 unspecified atom stereocenters. The van der Waals surface area contributed by atoms with Crippen LogP contribution in [0.2, 0.25) is 0 Å². The summed E-state index contributed by atoms with van der Waals surface area (Å²) in [4.78, 5) is 13.2.